The molecule has 0 aromatic heterocycles. The first-order chi connectivity index (χ1) is 3.89. The fraction of sp³-hybridized carbons (Fsp3) is 0.800. The van der Waals surface area contributed by atoms with Crippen molar-refractivity contribution >= 4 is 5.97 Å². The molecule has 0 saturated carbocycles. The van der Waals surface area contributed by atoms with E-state index in [0.29, 0.717) is 0 Å². The maximum atomic E-state index is 10.2. The lowest BCUT2D eigenvalue weighted by atomic mass is 10.1. The maximum absolute atomic E-state index is 10.2. The van der Waals surface area contributed by atoms with Crippen LogP contribution in [0.25, 0.3) is 0 Å². The third-order valence-electron chi connectivity index (χ3n) is 0.869. The molecule has 0 bridgehead atoms. The average Bonchev–Trinajstić information content (AvgIpc) is 1.65. The Morgan fingerprint density at radius 3 is 2.25 bits per heavy atom. The molecule has 8 heavy (non-hydrogen) atoms. The highest BCUT2D eigenvalue weighted by Crippen LogP contribution is 1.96. The van der Waals surface area contributed by atoms with Gasteiger partial charge in [-0.2, -0.15) is 0 Å². The Morgan fingerprint density at radius 1 is 1.88 bits per heavy atom. The summed E-state index contributed by atoms with van der Waals surface area (Å²) in [6.45, 7) is 3.20. The molecule has 0 fully saturated rings. The van der Waals surface area contributed by atoms with E-state index in [0.717, 1.165) is 0 Å². The zero-order valence-corrected chi connectivity index (χ0v) is 5.01. The number of aliphatic carboxylic acids is 1. The predicted octanol–water partition coefficient (Wildman–Crippen LogP) is 0.0543. The molecule has 0 heterocycles. The molecule has 0 aromatic carbocycles. The molecule has 0 saturated heterocycles. The van der Waals surface area contributed by atoms with E-state index >= 15 is 0 Å². The Hall–Kier alpha value is -0.570. The van der Waals surface area contributed by atoms with Crippen LogP contribution in [0.3, 0.4) is 0 Å². The Labute approximate surface area is 49.9 Å². The van der Waals surface area contributed by atoms with Crippen LogP contribution in [0.2, 0.25) is 0 Å². The van der Waals surface area contributed by atoms with Crippen molar-refractivity contribution in [2.45, 2.75) is 19.9 Å². The van der Waals surface area contributed by atoms with Crippen molar-refractivity contribution in [2.75, 3.05) is 0 Å². The van der Waals surface area contributed by atoms with E-state index in [2.05, 4.69) is 0 Å². The van der Waals surface area contributed by atoms with Gasteiger partial charge in [-0.1, -0.05) is 13.8 Å². The molecule has 0 aliphatic carbocycles. The molecule has 3 N–H and O–H groups in total. The third-order valence-corrected chi connectivity index (χ3v) is 0.869. The van der Waals surface area contributed by atoms with E-state index in [9.17, 15) is 4.79 Å². The Balaban J connectivity index is 4.19. The molecule has 48 valence electrons. The molecule has 3 heteroatoms. The highest BCUT2D eigenvalue weighted by atomic mass is 16.4. The standard InChI is InChI=1S/C5H11NO2/c1-3(2)4(6)5(7)8/h3-4H,6H2,1-2H3,(H,7,8)/t4-/m1/s1/i4D. The number of carboxylic acid groups (broad SMARTS) is 1. The second-order valence-corrected chi connectivity index (χ2v) is 1.92. The summed E-state index contributed by atoms with van der Waals surface area (Å²) < 4.78 is 7.01. The summed E-state index contributed by atoms with van der Waals surface area (Å²) in [5.41, 5.74) is 5.07. The second kappa shape index (κ2) is 2.67. The molecule has 0 radical (unpaired) electrons. The normalized spacial score (nSPS) is 19.8. The van der Waals surface area contributed by atoms with E-state index in [4.69, 9.17) is 12.2 Å². The van der Waals surface area contributed by atoms with Crippen LogP contribution in [-0.2, 0) is 4.79 Å². The lowest BCUT2D eigenvalue weighted by molar-refractivity contribution is -0.139. The fourth-order valence-electron chi connectivity index (χ4n) is 0.247. The van der Waals surface area contributed by atoms with Crippen molar-refractivity contribution in [2.24, 2.45) is 11.7 Å². The minimum absolute atomic E-state index is 0.366. The molecule has 0 rings (SSSR count). The van der Waals surface area contributed by atoms with Gasteiger partial charge < -0.3 is 10.8 Å². The molecular weight excluding hydrogens is 106 g/mol. The van der Waals surface area contributed by atoms with Crippen LogP contribution in [0.1, 0.15) is 15.2 Å². The quantitative estimate of drug-likeness (QED) is 0.538. The van der Waals surface area contributed by atoms with Gasteiger partial charge in [-0.25, -0.2) is 0 Å². The van der Waals surface area contributed by atoms with Crippen LogP contribution in [0.4, 0.5) is 0 Å². The van der Waals surface area contributed by atoms with Crippen LogP contribution >= 0.6 is 0 Å². The predicted molar refractivity (Wildman–Crippen MR) is 30.4 cm³/mol. The third kappa shape index (κ3) is 1.93. The van der Waals surface area contributed by atoms with Gasteiger partial charge in [-0.15, -0.1) is 0 Å². The Bertz CT molecular complexity index is 122. The lowest BCUT2D eigenvalue weighted by Crippen LogP contribution is -2.34. The zero-order valence-electron chi connectivity index (χ0n) is 6.01. The van der Waals surface area contributed by atoms with E-state index in [-0.39, 0.29) is 5.92 Å². The number of rotatable bonds is 2. The van der Waals surface area contributed by atoms with Gasteiger partial charge in [-0.05, 0) is 5.92 Å². The van der Waals surface area contributed by atoms with Gasteiger partial charge in [0.05, 0.1) is 1.37 Å². The SMILES string of the molecule is [2H][C@](N)(C(=O)O)C(C)C. The molecule has 0 unspecified atom stereocenters. The minimum Gasteiger partial charge on any atom is -0.480 e. The summed E-state index contributed by atoms with van der Waals surface area (Å²) in [6.07, 6.45) is 0. The van der Waals surface area contributed by atoms with Crippen molar-refractivity contribution < 1.29 is 11.3 Å². The van der Waals surface area contributed by atoms with E-state index in [1.54, 1.807) is 13.8 Å². The summed E-state index contributed by atoms with van der Waals surface area (Å²) in [5, 5.41) is 8.30. The first kappa shape index (κ1) is 5.56. The summed E-state index contributed by atoms with van der Waals surface area (Å²) >= 11 is 0. The number of hydrogen-bond acceptors (Lipinski definition) is 2. The number of carboxylic acids is 1. The Kier molecular flexibility index (Phi) is 1.86. The first-order valence-electron chi connectivity index (χ1n) is 2.91. The number of nitrogens with two attached hydrogens (primary N) is 1. The summed E-state index contributed by atoms with van der Waals surface area (Å²) in [7, 11) is 0. The largest absolute Gasteiger partial charge is 0.480 e. The molecule has 0 spiro atoms. The molecule has 3 nitrogen and oxygen atoms in total. The molecule has 0 aliphatic rings. The average molecular weight is 118 g/mol. The Morgan fingerprint density at radius 2 is 2.25 bits per heavy atom. The highest BCUT2D eigenvalue weighted by Gasteiger charge is 2.14. The van der Waals surface area contributed by atoms with Crippen LogP contribution < -0.4 is 5.73 Å². The van der Waals surface area contributed by atoms with Gasteiger partial charge in [0.15, 0.2) is 0 Å². The van der Waals surface area contributed by atoms with Crippen molar-refractivity contribution in [3.05, 3.63) is 0 Å². The zero-order chi connectivity index (χ0) is 7.65. The van der Waals surface area contributed by atoms with Gasteiger partial charge >= 0.3 is 5.97 Å². The lowest BCUT2D eigenvalue weighted by Gasteiger charge is -2.07. The maximum Gasteiger partial charge on any atom is 0.320 e. The summed E-state index contributed by atoms with van der Waals surface area (Å²) in [5.74, 6) is -1.65. The van der Waals surface area contributed by atoms with Crippen molar-refractivity contribution in [1.29, 1.82) is 0 Å². The summed E-state index contributed by atoms with van der Waals surface area (Å²) in [6, 6.07) is -1.83. The number of carbonyl (C=O) groups is 1. The van der Waals surface area contributed by atoms with Gasteiger partial charge in [0.1, 0.15) is 6.02 Å². The van der Waals surface area contributed by atoms with Gasteiger partial charge in [0.2, 0.25) is 0 Å². The van der Waals surface area contributed by atoms with E-state index < -0.39 is 12.0 Å². The van der Waals surface area contributed by atoms with E-state index in [1.807, 2.05) is 0 Å². The molecular formula is C5H11NO2. The van der Waals surface area contributed by atoms with Crippen LogP contribution in [0.5, 0.6) is 0 Å². The molecule has 0 aliphatic heterocycles. The number of hydrogen-bond donors (Lipinski definition) is 2. The van der Waals surface area contributed by atoms with Crippen molar-refractivity contribution in [3.63, 3.8) is 0 Å². The van der Waals surface area contributed by atoms with Crippen molar-refractivity contribution in [3.8, 4) is 0 Å². The summed E-state index contributed by atoms with van der Waals surface area (Å²) in [4.78, 5) is 10.2. The van der Waals surface area contributed by atoms with Crippen LogP contribution in [0, 0.1) is 5.92 Å². The molecule has 0 amide bonds. The van der Waals surface area contributed by atoms with E-state index in [1.165, 1.54) is 0 Å². The van der Waals surface area contributed by atoms with Gasteiger partial charge in [0, 0.05) is 0 Å². The second-order valence-electron chi connectivity index (χ2n) is 1.92. The van der Waals surface area contributed by atoms with Crippen LogP contribution in [-0.4, -0.2) is 17.1 Å². The van der Waals surface area contributed by atoms with Crippen molar-refractivity contribution in [1.82, 2.24) is 0 Å². The monoisotopic (exact) mass is 118 g/mol. The smallest absolute Gasteiger partial charge is 0.320 e. The molecule has 0 aromatic rings. The van der Waals surface area contributed by atoms with Gasteiger partial charge in [-0.3, -0.25) is 4.79 Å². The molecule has 1 atom stereocenters. The first-order valence-corrected chi connectivity index (χ1v) is 2.41. The minimum atomic E-state index is -1.83. The highest BCUT2D eigenvalue weighted by molar-refractivity contribution is 5.73. The van der Waals surface area contributed by atoms with Gasteiger partial charge in [0.25, 0.3) is 0 Å². The van der Waals surface area contributed by atoms with Crippen LogP contribution in [0.15, 0.2) is 0 Å². The fourth-order valence-corrected chi connectivity index (χ4v) is 0.247. The topological polar surface area (TPSA) is 63.3 Å².